The highest BCUT2D eigenvalue weighted by Crippen LogP contribution is 2.24. The maximum atomic E-state index is 13.7. The summed E-state index contributed by atoms with van der Waals surface area (Å²) in [6.07, 6.45) is 3.82. The smallest absolute Gasteiger partial charge is 0.134 e. The normalized spacial score (nSPS) is 16.9. The van der Waals surface area contributed by atoms with E-state index in [1.165, 1.54) is 6.07 Å². The predicted molar refractivity (Wildman–Crippen MR) is 71.2 cm³/mol. The van der Waals surface area contributed by atoms with Gasteiger partial charge in [-0.25, -0.2) is 9.37 Å². The minimum Gasteiger partial charge on any atom is -0.367 e. The Morgan fingerprint density at radius 2 is 2.00 bits per heavy atom. The highest BCUT2D eigenvalue weighted by molar-refractivity contribution is 5.92. The molecule has 18 heavy (non-hydrogen) atoms. The molecule has 0 aliphatic carbocycles. The number of aromatic nitrogens is 1. The highest BCUT2D eigenvalue weighted by Gasteiger charge is 2.14. The molecule has 0 radical (unpaired) electrons. The Balaban J connectivity index is 1.93. The molecule has 0 atom stereocenters. The van der Waals surface area contributed by atoms with Gasteiger partial charge in [-0.3, -0.25) is 0 Å². The summed E-state index contributed by atoms with van der Waals surface area (Å²) in [5.74, 6) is 0.599. The van der Waals surface area contributed by atoms with Crippen LogP contribution in [0.3, 0.4) is 0 Å². The fourth-order valence-electron chi connectivity index (χ4n) is 2.44. The minimum absolute atomic E-state index is 0.191. The van der Waals surface area contributed by atoms with Crippen molar-refractivity contribution < 1.29 is 4.39 Å². The molecule has 3 rings (SSSR count). The van der Waals surface area contributed by atoms with Gasteiger partial charge in [-0.05, 0) is 38.1 Å². The van der Waals surface area contributed by atoms with Crippen molar-refractivity contribution in [3.8, 4) is 0 Å². The second kappa shape index (κ2) is 4.90. The maximum absolute atomic E-state index is 13.7. The van der Waals surface area contributed by atoms with Gasteiger partial charge in [-0.2, -0.15) is 0 Å². The Morgan fingerprint density at radius 1 is 1.17 bits per heavy atom. The van der Waals surface area contributed by atoms with E-state index >= 15 is 0 Å². The summed E-state index contributed by atoms with van der Waals surface area (Å²) in [7, 11) is 0. The van der Waals surface area contributed by atoms with E-state index in [4.69, 9.17) is 0 Å². The zero-order valence-electron chi connectivity index (χ0n) is 10.1. The molecule has 0 spiro atoms. The van der Waals surface area contributed by atoms with Crippen LogP contribution >= 0.6 is 0 Å². The van der Waals surface area contributed by atoms with Crippen molar-refractivity contribution in [1.29, 1.82) is 0 Å². The molecule has 2 heterocycles. The average molecular weight is 245 g/mol. The maximum Gasteiger partial charge on any atom is 0.134 e. The molecule has 1 aliphatic rings. The van der Waals surface area contributed by atoms with Gasteiger partial charge in [0.1, 0.15) is 11.6 Å². The van der Waals surface area contributed by atoms with Gasteiger partial charge in [0.2, 0.25) is 0 Å². The first-order valence-electron chi connectivity index (χ1n) is 6.35. The fourth-order valence-corrected chi connectivity index (χ4v) is 2.44. The molecule has 2 aromatic rings. The lowest BCUT2D eigenvalue weighted by atomic mass is 10.1. The van der Waals surface area contributed by atoms with Gasteiger partial charge >= 0.3 is 0 Å². The van der Waals surface area contributed by atoms with Crippen molar-refractivity contribution in [3.63, 3.8) is 0 Å². The second-order valence-corrected chi connectivity index (χ2v) is 4.66. The summed E-state index contributed by atoms with van der Waals surface area (Å²) in [5, 5.41) is 8.25. The number of pyridine rings is 1. The summed E-state index contributed by atoms with van der Waals surface area (Å²) in [4.78, 5) is 4.34. The van der Waals surface area contributed by atoms with Crippen molar-refractivity contribution in [2.75, 3.05) is 18.4 Å². The number of anilines is 1. The zero-order valence-corrected chi connectivity index (χ0v) is 10.1. The second-order valence-electron chi connectivity index (χ2n) is 4.66. The van der Waals surface area contributed by atoms with E-state index in [-0.39, 0.29) is 5.82 Å². The molecule has 1 aliphatic heterocycles. The van der Waals surface area contributed by atoms with Crippen LogP contribution in [0.1, 0.15) is 12.8 Å². The van der Waals surface area contributed by atoms with Crippen LogP contribution in [0.2, 0.25) is 0 Å². The van der Waals surface area contributed by atoms with Gasteiger partial charge < -0.3 is 10.6 Å². The third-order valence-electron chi connectivity index (χ3n) is 3.43. The number of piperidine rings is 1. The Morgan fingerprint density at radius 3 is 2.83 bits per heavy atom. The van der Waals surface area contributed by atoms with Crippen molar-refractivity contribution in [2.24, 2.45) is 0 Å². The van der Waals surface area contributed by atoms with E-state index in [0.29, 0.717) is 11.4 Å². The lowest BCUT2D eigenvalue weighted by molar-refractivity contribution is 0.478. The van der Waals surface area contributed by atoms with Gasteiger partial charge in [0.05, 0.1) is 0 Å². The Bertz CT molecular complexity index is 550. The predicted octanol–water partition coefficient (Wildman–Crippen LogP) is 2.54. The number of rotatable bonds is 2. The van der Waals surface area contributed by atoms with E-state index in [0.717, 1.165) is 37.1 Å². The van der Waals surface area contributed by atoms with Gasteiger partial charge in [-0.1, -0.05) is 12.1 Å². The first-order chi connectivity index (χ1) is 8.84. The van der Waals surface area contributed by atoms with Crippen molar-refractivity contribution in [2.45, 2.75) is 18.9 Å². The van der Waals surface area contributed by atoms with Crippen LogP contribution in [0.5, 0.6) is 0 Å². The van der Waals surface area contributed by atoms with Crippen molar-refractivity contribution in [1.82, 2.24) is 10.3 Å². The molecular formula is C14H16FN3. The largest absolute Gasteiger partial charge is 0.367 e. The third kappa shape index (κ3) is 2.16. The number of nitrogens with one attached hydrogen (secondary N) is 2. The average Bonchev–Trinajstić information content (AvgIpc) is 2.41. The summed E-state index contributed by atoms with van der Waals surface area (Å²) in [6, 6.07) is 7.27. The van der Waals surface area contributed by atoms with Gasteiger partial charge in [0.15, 0.2) is 0 Å². The first-order valence-corrected chi connectivity index (χ1v) is 6.35. The molecule has 0 amide bonds. The number of benzene rings is 1. The number of nitrogens with zero attached hydrogens (tertiary/aromatic N) is 1. The van der Waals surface area contributed by atoms with Crippen molar-refractivity contribution in [3.05, 3.63) is 36.3 Å². The van der Waals surface area contributed by atoms with Gasteiger partial charge in [0.25, 0.3) is 0 Å². The number of hydrogen-bond donors (Lipinski definition) is 2. The van der Waals surface area contributed by atoms with E-state index in [1.807, 2.05) is 6.07 Å². The number of halogens is 1. The molecule has 1 fully saturated rings. The molecule has 0 saturated carbocycles. The van der Waals surface area contributed by atoms with Crippen LogP contribution in [-0.4, -0.2) is 24.1 Å². The van der Waals surface area contributed by atoms with E-state index in [1.54, 1.807) is 18.3 Å². The monoisotopic (exact) mass is 245 g/mol. The highest BCUT2D eigenvalue weighted by atomic mass is 19.1. The minimum atomic E-state index is -0.191. The molecule has 1 saturated heterocycles. The standard InChI is InChI=1S/C14H16FN3/c15-13-3-1-2-12-11(13)6-9-17-14(12)18-10-4-7-16-8-5-10/h1-3,6,9-10,16H,4-5,7-8H2,(H,17,18). The summed E-state index contributed by atoms with van der Waals surface area (Å²) >= 11 is 0. The summed E-state index contributed by atoms with van der Waals surface area (Å²) < 4.78 is 13.7. The lowest BCUT2D eigenvalue weighted by Crippen LogP contribution is -2.35. The van der Waals surface area contributed by atoms with Gasteiger partial charge in [0, 0.05) is 23.0 Å². The van der Waals surface area contributed by atoms with Crippen LogP contribution in [0.25, 0.3) is 10.8 Å². The Kier molecular flexibility index (Phi) is 3.11. The molecule has 0 unspecified atom stereocenters. The fraction of sp³-hybridized carbons (Fsp3) is 0.357. The number of hydrogen-bond acceptors (Lipinski definition) is 3. The zero-order chi connectivity index (χ0) is 12.4. The lowest BCUT2D eigenvalue weighted by Gasteiger charge is -2.24. The summed E-state index contributed by atoms with van der Waals surface area (Å²) in [5.41, 5.74) is 0. The number of fused-ring (bicyclic) bond motifs is 1. The molecule has 3 nitrogen and oxygen atoms in total. The Hall–Kier alpha value is -1.68. The molecule has 0 bridgehead atoms. The first kappa shape index (κ1) is 11.4. The van der Waals surface area contributed by atoms with E-state index in [9.17, 15) is 4.39 Å². The SMILES string of the molecule is Fc1cccc2c(NC3CCNCC3)nccc12. The van der Waals surface area contributed by atoms with Crippen LogP contribution in [0, 0.1) is 5.82 Å². The van der Waals surface area contributed by atoms with Crippen LogP contribution < -0.4 is 10.6 Å². The van der Waals surface area contributed by atoms with Crippen LogP contribution in [0.15, 0.2) is 30.5 Å². The van der Waals surface area contributed by atoms with Crippen LogP contribution in [-0.2, 0) is 0 Å². The van der Waals surface area contributed by atoms with Crippen LogP contribution in [0.4, 0.5) is 10.2 Å². The molecule has 94 valence electrons. The topological polar surface area (TPSA) is 37.0 Å². The molecule has 1 aromatic heterocycles. The molecule has 1 aromatic carbocycles. The third-order valence-corrected chi connectivity index (χ3v) is 3.43. The molecular weight excluding hydrogens is 229 g/mol. The van der Waals surface area contributed by atoms with E-state index < -0.39 is 0 Å². The van der Waals surface area contributed by atoms with Gasteiger partial charge in [-0.15, -0.1) is 0 Å². The molecule has 4 heteroatoms. The summed E-state index contributed by atoms with van der Waals surface area (Å²) in [6.45, 7) is 2.05. The quantitative estimate of drug-likeness (QED) is 0.853. The van der Waals surface area contributed by atoms with E-state index in [2.05, 4.69) is 15.6 Å². The Labute approximate surface area is 105 Å². The van der Waals surface area contributed by atoms with Crippen molar-refractivity contribution >= 4 is 16.6 Å². The molecule has 2 N–H and O–H groups in total.